The van der Waals surface area contributed by atoms with Gasteiger partial charge in [0, 0.05) is 13.1 Å². The first kappa shape index (κ1) is 17.7. The molecule has 0 aromatic heterocycles. The fourth-order valence-corrected chi connectivity index (χ4v) is 4.76. The van der Waals surface area contributed by atoms with Gasteiger partial charge in [-0.25, -0.2) is 0 Å². The monoisotopic (exact) mass is 311 g/mol. The average Bonchev–Trinajstić information content (AvgIpc) is 2.29. The van der Waals surface area contributed by atoms with Crippen molar-refractivity contribution in [3.8, 4) is 0 Å². The van der Waals surface area contributed by atoms with Gasteiger partial charge in [0.05, 0.1) is 0 Å². The van der Waals surface area contributed by atoms with Gasteiger partial charge in [-0.15, -0.1) is 0 Å². The molecule has 3 heteroatoms. The van der Waals surface area contributed by atoms with Crippen LogP contribution in [0.2, 0.25) is 30.7 Å². The lowest BCUT2D eigenvalue weighted by Crippen LogP contribution is -2.33. The standard InChI is InChI=1S/C17H30ClNSi/c1-14(2)11-19-12-16(13-20(3,4)5)10-15-6-8-17(18)9-7-15/h6-9,14,16,19H,10-13H2,1-5H3. The normalized spacial score (nSPS) is 13.8. The molecule has 0 saturated heterocycles. The van der Waals surface area contributed by atoms with E-state index in [1.165, 1.54) is 11.6 Å². The maximum absolute atomic E-state index is 5.97. The van der Waals surface area contributed by atoms with Gasteiger partial charge in [0.25, 0.3) is 0 Å². The summed E-state index contributed by atoms with van der Waals surface area (Å²) in [6.45, 7) is 14.2. The van der Waals surface area contributed by atoms with Gasteiger partial charge in [-0.2, -0.15) is 0 Å². The molecule has 114 valence electrons. The molecule has 1 atom stereocenters. The van der Waals surface area contributed by atoms with Crippen molar-refractivity contribution in [1.29, 1.82) is 0 Å². The molecule has 0 heterocycles. The number of hydrogen-bond donors (Lipinski definition) is 1. The summed E-state index contributed by atoms with van der Waals surface area (Å²) in [5.41, 5.74) is 1.41. The highest BCUT2D eigenvalue weighted by Gasteiger charge is 2.20. The third-order valence-corrected chi connectivity index (χ3v) is 5.38. The predicted molar refractivity (Wildman–Crippen MR) is 94.5 cm³/mol. The Kier molecular flexibility index (Phi) is 7.28. The Balaban J connectivity index is 2.59. The molecule has 0 bridgehead atoms. The van der Waals surface area contributed by atoms with E-state index >= 15 is 0 Å². The van der Waals surface area contributed by atoms with E-state index in [4.69, 9.17) is 11.6 Å². The predicted octanol–water partition coefficient (Wildman–Crippen LogP) is 5.08. The van der Waals surface area contributed by atoms with Crippen molar-refractivity contribution in [1.82, 2.24) is 5.32 Å². The summed E-state index contributed by atoms with van der Waals surface area (Å²) >= 11 is 5.97. The van der Waals surface area contributed by atoms with Crippen molar-refractivity contribution in [3.05, 3.63) is 34.9 Å². The first-order chi connectivity index (χ1) is 9.26. The lowest BCUT2D eigenvalue weighted by atomic mass is 10.0. The second kappa shape index (κ2) is 8.21. The highest BCUT2D eigenvalue weighted by molar-refractivity contribution is 6.76. The maximum Gasteiger partial charge on any atom is 0.0446 e. The fraction of sp³-hybridized carbons (Fsp3) is 0.647. The van der Waals surface area contributed by atoms with E-state index < -0.39 is 8.07 Å². The van der Waals surface area contributed by atoms with Crippen LogP contribution >= 0.6 is 11.6 Å². The summed E-state index contributed by atoms with van der Waals surface area (Å²) < 4.78 is 0. The molecule has 0 amide bonds. The van der Waals surface area contributed by atoms with Crippen LogP contribution in [0.1, 0.15) is 19.4 Å². The molecule has 1 nitrogen and oxygen atoms in total. The summed E-state index contributed by atoms with van der Waals surface area (Å²) in [5, 5.41) is 4.46. The third-order valence-electron chi connectivity index (χ3n) is 3.32. The van der Waals surface area contributed by atoms with E-state index in [-0.39, 0.29) is 0 Å². The maximum atomic E-state index is 5.97. The van der Waals surface area contributed by atoms with E-state index in [2.05, 4.69) is 50.9 Å². The minimum Gasteiger partial charge on any atom is -0.316 e. The van der Waals surface area contributed by atoms with E-state index in [9.17, 15) is 0 Å². The van der Waals surface area contributed by atoms with Crippen LogP contribution in [0.15, 0.2) is 24.3 Å². The van der Waals surface area contributed by atoms with Crippen LogP contribution in [0.25, 0.3) is 0 Å². The van der Waals surface area contributed by atoms with E-state index in [0.29, 0.717) is 0 Å². The van der Waals surface area contributed by atoms with Gasteiger partial charge in [0.1, 0.15) is 0 Å². The second-order valence-corrected chi connectivity index (χ2v) is 13.5. The topological polar surface area (TPSA) is 12.0 Å². The molecule has 1 unspecified atom stereocenters. The lowest BCUT2D eigenvalue weighted by molar-refractivity contribution is 0.470. The summed E-state index contributed by atoms with van der Waals surface area (Å²) in [4.78, 5) is 0. The van der Waals surface area contributed by atoms with Crippen LogP contribution < -0.4 is 5.32 Å². The van der Waals surface area contributed by atoms with Crippen LogP contribution in [0, 0.1) is 11.8 Å². The smallest absolute Gasteiger partial charge is 0.0446 e. The Hall–Kier alpha value is -0.313. The molecule has 0 spiro atoms. The van der Waals surface area contributed by atoms with Gasteiger partial charge in [-0.1, -0.05) is 63.3 Å². The van der Waals surface area contributed by atoms with Gasteiger partial charge in [0.2, 0.25) is 0 Å². The van der Waals surface area contributed by atoms with Gasteiger partial charge in [-0.05, 0) is 49.0 Å². The van der Waals surface area contributed by atoms with Crippen molar-refractivity contribution in [3.63, 3.8) is 0 Å². The molecule has 1 rings (SSSR count). The van der Waals surface area contributed by atoms with Crippen LogP contribution in [0.3, 0.4) is 0 Å². The average molecular weight is 312 g/mol. The van der Waals surface area contributed by atoms with Gasteiger partial charge in [-0.3, -0.25) is 0 Å². The SMILES string of the molecule is CC(C)CNCC(Cc1ccc(Cl)cc1)C[Si](C)(C)C. The highest BCUT2D eigenvalue weighted by atomic mass is 35.5. The quantitative estimate of drug-likeness (QED) is 0.660. The molecular formula is C17H30ClNSi. The van der Waals surface area contributed by atoms with Gasteiger partial charge >= 0.3 is 0 Å². The summed E-state index contributed by atoms with van der Waals surface area (Å²) in [6, 6.07) is 9.72. The zero-order chi connectivity index (χ0) is 15.2. The summed E-state index contributed by atoms with van der Waals surface area (Å²) in [5.74, 6) is 1.46. The lowest BCUT2D eigenvalue weighted by Gasteiger charge is -2.25. The minimum atomic E-state index is -1.03. The van der Waals surface area contributed by atoms with Crippen molar-refractivity contribution >= 4 is 19.7 Å². The van der Waals surface area contributed by atoms with Crippen molar-refractivity contribution in [2.45, 2.75) is 46.0 Å². The van der Waals surface area contributed by atoms with Crippen molar-refractivity contribution < 1.29 is 0 Å². The van der Waals surface area contributed by atoms with E-state index in [1.807, 2.05) is 12.1 Å². The highest BCUT2D eigenvalue weighted by Crippen LogP contribution is 2.21. The fourth-order valence-electron chi connectivity index (χ4n) is 2.61. The molecule has 1 aromatic rings. The van der Waals surface area contributed by atoms with Crippen LogP contribution in [-0.4, -0.2) is 21.2 Å². The molecule has 0 saturated carbocycles. The zero-order valence-corrected chi connectivity index (χ0v) is 15.4. The van der Waals surface area contributed by atoms with E-state index in [1.54, 1.807) is 0 Å². The molecular weight excluding hydrogens is 282 g/mol. The third kappa shape index (κ3) is 8.08. The first-order valence-corrected chi connectivity index (χ1v) is 11.8. The summed E-state index contributed by atoms with van der Waals surface area (Å²) in [7, 11) is -1.03. The molecule has 1 N–H and O–H groups in total. The number of halogens is 1. The number of nitrogens with one attached hydrogen (secondary N) is 1. The van der Waals surface area contributed by atoms with Crippen LogP contribution in [-0.2, 0) is 6.42 Å². The number of rotatable bonds is 8. The van der Waals surface area contributed by atoms with Crippen LogP contribution in [0.4, 0.5) is 0 Å². The Morgan fingerprint density at radius 3 is 2.15 bits per heavy atom. The molecule has 0 aliphatic rings. The van der Waals surface area contributed by atoms with Crippen molar-refractivity contribution in [2.24, 2.45) is 11.8 Å². The Labute approximate surface area is 131 Å². The van der Waals surface area contributed by atoms with Crippen molar-refractivity contribution in [2.75, 3.05) is 13.1 Å². The van der Waals surface area contributed by atoms with Crippen LogP contribution in [0.5, 0.6) is 0 Å². The molecule has 20 heavy (non-hydrogen) atoms. The summed E-state index contributed by atoms with van der Waals surface area (Å²) in [6.07, 6.45) is 1.16. The van der Waals surface area contributed by atoms with Gasteiger partial charge in [0.15, 0.2) is 0 Å². The molecule has 0 fully saturated rings. The number of hydrogen-bond acceptors (Lipinski definition) is 1. The molecule has 0 aliphatic heterocycles. The second-order valence-electron chi connectivity index (χ2n) is 7.51. The Morgan fingerprint density at radius 1 is 1.05 bits per heavy atom. The largest absolute Gasteiger partial charge is 0.316 e. The molecule has 1 aromatic carbocycles. The van der Waals surface area contributed by atoms with E-state index in [0.717, 1.165) is 36.4 Å². The number of benzene rings is 1. The van der Waals surface area contributed by atoms with Gasteiger partial charge < -0.3 is 5.32 Å². The first-order valence-electron chi connectivity index (χ1n) is 7.71. The Bertz CT molecular complexity index is 381. The minimum absolute atomic E-state index is 0.720. The Morgan fingerprint density at radius 2 is 1.65 bits per heavy atom. The molecule has 0 aliphatic carbocycles. The zero-order valence-electron chi connectivity index (χ0n) is 13.7. The molecule has 0 radical (unpaired) electrons.